The van der Waals surface area contributed by atoms with Crippen LogP contribution in [0.1, 0.15) is 21.5 Å². The fraction of sp³-hybridized carbons (Fsp3) is 0.200. The lowest BCUT2D eigenvalue weighted by Gasteiger charge is -2.11. The third-order valence-corrected chi connectivity index (χ3v) is 4.65. The Morgan fingerprint density at radius 2 is 2.05 bits per heavy atom. The molecule has 1 aliphatic heterocycles. The molecule has 1 aromatic carbocycles. The summed E-state index contributed by atoms with van der Waals surface area (Å²) in [5.41, 5.74) is 0.964. The molecule has 0 saturated carbocycles. The summed E-state index contributed by atoms with van der Waals surface area (Å²) in [7, 11) is 0. The van der Waals surface area contributed by atoms with E-state index in [2.05, 4.69) is 0 Å². The number of quaternary nitrogens is 1. The molecule has 1 fully saturated rings. The minimum Gasteiger partial charge on any atom is -0.544 e. The standard InChI is InChI=1S/C15H13NO5S/c17-14(18)11-8-22-13(16-11)9-3-5-10(6-4-9)21-15(19)12-2-1-7-20-12/h1-7,11,13,16H,8H2,(H,17,18)/t11-,13-/m0/s1. The van der Waals surface area contributed by atoms with Crippen LogP contribution in [0.4, 0.5) is 0 Å². The molecule has 0 spiro atoms. The number of carbonyl (C=O) groups is 2. The number of nitrogens with two attached hydrogens (primary N) is 1. The van der Waals surface area contributed by atoms with Crippen LogP contribution in [0.2, 0.25) is 0 Å². The number of rotatable bonds is 4. The van der Waals surface area contributed by atoms with E-state index in [0.717, 1.165) is 5.56 Å². The number of hydrogen-bond acceptors (Lipinski definition) is 6. The fourth-order valence-electron chi connectivity index (χ4n) is 2.16. The van der Waals surface area contributed by atoms with Gasteiger partial charge in [0, 0.05) is 5.56 Å². The van der Waals surface area contributed by atoms with Crippen LogP contribution in [0.5, 0.6) is 5.75 Å². The van der Waals surface area contributed by atoms with E-state index in [0.29, 0.717) is 11.5 Å². The van der Waals surface area contributed by atoms with Gasteiger partial charge in [0.2, 0.25) is 5.76 Å². The van der Waals surface area contributed by atoms with Crippen molar-refractivity contribution in [1.29, 1.82) is 0 Å². The lowest BCUT2D eigenvalue weighted by Crippen LogP contribution is -2.90. The van der Waals surface area contributed by atoms with E-state index >= 15 is 0 Å². The lowest BCUT2D eigenvalue weighted by molar-refractivity contribution is -0.690. The predicted octanol–water partition coefficient (Wildman–Crippen LogP) is -0.0739. The molecule has 2 atom stereocenters. The van der Waals surface area contributed by atoms with Gasteiger partial charge in [-0.3, -0.25) is 0 Å². The Hall–Kier alpha value is -2.25. The molecule has 114 valence electrons. The third-order valence-electron chi connectivity index (χ3n) is 3.31. The number of carboxylic acids is 1. The van der Waals surface area contributed by atoms with Crippen molar-refractivity contribution in [2.75, 3.05) is 5.75 Å². The molecular weight excluding hydrogens is 306 g/mol. The summed E-state index contributed by atoms with van der Waals surface area (Å²) in [6, 6.07) is 9.61. The van der Waals surface area contributed by atoms with Gasteiger partial charge in [-0.1, -0.05) is 11.8 Å². The number of benzene rings is 1. The Morgan fingerprint density at radius 1 is 1.27 bits per heavy atom. The number of carbonyl (C=O) groups excluding carboxylic acids is 2. The molecule has 1 aliphatic rings. The zero-order chi connectivity index (χ0) is 15.5. The number of ether oxygens (including phenoxy) is 1. The van der Waals surface area contributed by atoms with Crippen LogP contribution < -0.4 is 15.2 Å². The van der Waals surface area contributed by atoms with Gasteiger partial charge in [0.05, 0.1) is 12.0 Å². The molecule has 0 aliphatic carbocycles. The summed E-state index contributed by atoms with van der Waals surface area (Å²) in [5.74, 6) is -0.539. The van der Waals surface area contributed by atoms with E-state index in [-0.39, 0.29) is 11.1 Å². The van der Waals surface area contributed by atoms with Gasteiger partial charge in [-0.25, -0.2) is 4.79 Å². The second kappa shape index (κ2) is 6.25. The van der Waals surface area contributed by atoms with E-state index in [4.69, 9.17) is 9.15 Å². The first-order chi connectivity index (χ1) is 10.6. The highest BCUT2D eigenvalue weighted by Crippen LogP contribution is 2.28. The second-order valence-corrected chi connectivity index (χ2v) is 5.98. The second-order valence-electron chi connectivity index (χ2n) is 4.81. The number of furan rings is 1. The summed E-state index contributed by atoms with van der Waals surface area (Å²) in [4.78, 5) is 22.6. The number of hydrogen-bond donors (Lipinski definition) is 1. The molecular formula is C15H13NO5S. The molecule has 0 radical (unpaired) electrons. The highest BCUT2D eigenvalue weighted by Gasteiger charge is 2.30. The number of aliphatic carboxylic acids is 1. The third kappa shape index (κ3) is 3.15. The van der Waals surface area contributed by atoms with Crippen LogP contribution in [0.15, 0.2) is 47.1 Å². The van der Waals surface area contributed by atoms with Crippen molar-refractivity contribution in [3.05, 3.63) is 54.0 Å². The molecule has 0 bridgehead atoms. The van der Waals surface area contributed by atoms with Gasteiger partial charge in [0.1, 0.15) is 17.8 Å². The fourth-order valence-corrected chi connectivity index (χ4v) is 3.47. The molecule has 1 aromatic heterocycles. The minimum absolute atomic E-state index is 0.0118. The van der Waals surface area contributed by atoms with Gasteiger partial charge in [-0.2, -0.15) is 0 Å². The maximum Gasteiger partial charge on any atom is 0.379 e. The van der Waals surface area contributed by atoms with Gasteiger partial charge < -0.3 is 24.4 Å². The van der Waals surface area contributed by atoms with Crippen molar-refractivity contribution in [3.8, 4) is 5.75 Å². The van der Waals surface area contributed by atoms with E-state index in [1.807, 2.05) is 12.1 Å². The molecule has 0 amide bonds. The van der Waals surface area contributed by atoms with Crippen molar-refractivity contribution >= 4 is 23.7 Å². The Balaban J connectivity index is 1.63. The molecule has 22 heavy (non-hydrogen) atoms. The van der Waals surface area contributed by atoms with Crippen molar-refractivity contribution in [1.82, 2.24) is 0 Å². The van der Waals surface area contributed by atoms with E-state index in [1.165, 1.54) is 12.3 Å². The number of carboxylic acid groups (broad SMARTS) is 1. The van der Waals surface area contributed by atoms with Crippen LogP contribution >= 0.6 is 11.8 Å². The van der Waals surface area contributed by atoms with Gasteiger partial charge in [0.15, 0.2) is 5.37 Å². The van der Waals surface area contributed by atoms with Crippen molar-refractivity contribution in [2.24, 2.45) is 0 Å². The van der Waals surface area contributed by atoms with Crippen molar-refractivity contribution < 1.29 is 29.2 Å². The highest BCUT2D eigenvalue weighted by atomic mass is 32.2. The van der Waals surface area contributed by atoms with Crippen molar-refractivity contribution in [2.45, 2.75) is 11.4 Å². The minimum atomic E-state index is -1.04. The summed E-state index contributed by atoms with van der Waals surface area (Å²) in [6.07, 6.45) is 1.40. The summed E-state index contributed by atoms with van der Waals surface area (Å²) >= 11 is 1.55. The Bertz CT molecular complexity index is 668. The summed E-state index contributed by atoms with van der Waals surface area (Å²) in [6.45, 7) is 0. The Labute approximate surface area is 130 Å². The number of esters is 1. The summed E-state index contributed by atoms with van der Waals surface area (Å²) < 4.78 is 10.1. The maximum absolute atomic E-state index is 11.7. The largest absolute Gasteiger partial charge is 0.544 e. The van der Waals surface area contributed by atoms with Gasteiger partial charge in [-0.05, 0) is 36.4 Å². The van der Waals surface area contributed by atoms with E-state index < -0.39 is 18.0 Å². The van der Waals surface area contributed by atoms with Gasteiger partial charge in [-0.15, -0.1) is 0 Å². The monoisotopic (exact) mass is 319 g/mol. The van der Waals surface area contributed by atoms with Crippen LogP contribution in [-0.2, 0) is 4.79 Å². The van der Waals surface area contributed by atoms with Crippen molar-refractivity contribution in [3.63, 3.8) is 0 Å². The highest BCUT2D eigenvalue weighted by molar-refractivity contribution is 7.99. The SMILES string of the molecule is O=C(Oc1ccc([C@H]2[NH2+][C@H](C(=O)[O-])CS2)cc1)c1ccco1. The number of thioether (sulfide) groups is 1. The quantitative estimate of drug-likeness (QED) is 0.626. The zero-order valence-corrected chi connectivity index (χ0v) is 12.2. The summed E-state index contributed by atoms with van der Waals surface area (Å²) in [5, 5.41) is 12.6. The molecule has 6 nitrogen and oxygen atoms in total. The molecule has 7 heteroatoms. The normalized spacial score (nSPS) is 20.7. The first-order valence-corrected chi connectivity index (χ1v) is 7.71. The molecule has 2 heterocycles. The van der Waals surface area contributed by atoms with Crippen LogP contribution in [0.25, 0.3) is 0 Å². The Kier molecular flexibility index (Phi) is 4.17. The molecule has 2 N–H and O–H groups in total. The van der Waals surface area contributed by atoms with Crippen LogP contribution in [0.3, 0.4) is 0 Å². The van der Waals surface area contributed by atoms with Crippen LogP contribution in [-0.4, -0.2) is 23.7 Å². The van der Waals surface area contributed by atoms with Crippen LogP contribution in [0, 0.1) is 0 Å². The topological polar surface area (TPSA) is 96.2 Å². The first kappa shape index (κ1) is 14.7. The smallest absolute Gasteiger partial charge is 0.379 e. The average Bonchev–Trinajstić information content (AvgIpc) is 3.20. The first-order valence-electron chi connectivity index (χ1n) is 6.66. The Morgan fingerprint density at radius 3 is 2.64 bits per heavy atom. The zero-order valence-electron chi connectivity index (χ0n) is 11.4. The average molecular weight is 319 g/mol. The molecule has 1 saturated heterocycles. The molecule has 0 unspecified atom stereocenters. The molecule has 2 aromatic rings. The maximum atomic E-state index is 11.7. The van der Waals surface area contributed by atoms with E-state index in [1.54, 1.807) is 35.3 Å². The lowest BCUT2D eigenvalue weighted by atomic mass is 10.2. The van der Waals surface area contributed by atoms with Gasteiger partial charge >= 0.3 is 5.97 Å². The van der Waals surface area contributed by atoms with Gasteiger partial charge in [0.25, 0.3) is 0 Å². The predicted molar refractivity (Wildman–Crippen MR) is 76.0 cm³/mol. The molecule has 3 rings (SSSR count). The van der Waals surface area contributed by atoms with E-state index in [9.17, 15) is 14.7 Å².